The number of sulfone groups is 1. The quantitative estimate of drug-likeness (QED) is 0.293. The smallest absolute Gasteiger partial charge is 0.234 e. The first-order valence-corrected chi connectivity index (χ1v) is 8.71. The lowest BCUT2D eigenvalue weighted by molar-refractivity contribution is -0.128. The van der Waals surface area contributed by atoms with Gasteiger partial charge >= 0.3 is 0 Å². The lowest BCUT2D eigenvalue weighted by atomic mass is 9.83. The van der Waals surface area contributed by atoms with Crippen molar-refractivity contribution >= 4 is 21.6 Å². The van der Waals surface area contributed by atoms with E-state index in [1.807, 2.05) is 0 Å². The molecule has 1 aliphatic heterocycles. The summed E-state index contributed by atoms with van der Waals surface area (Å²) in [5, 5.41) is 14.7. The molecule has 1 amide bonds. The van der Waals surface area contributed by atoms with Crippen LogP contribution in [-0.4, -0.2) is 42.9 Å². The van der Waals surface area contributed by atoms with Gasteiger partial charge in [-0.15, -0.1) is 0 Å². The fourth-order valence-electron chi connectivity index (χ4n) is 3.13. The molecular formula is C12H21N3O4S. The largest absolute Gasteiger partial charge is 0.409 e. The third kappa shape index (κ3) is 2.89. The molecular weight excluding hydrogens is 282 g/mol. The Balaban J connectivity index is 2.10. The molecule has 0 bridgehead atoms. The van der Waals surface area contributed by atoms with Gasteiger partial charge in [-0.25, -0.2) is 8.42 Å². The molecule has 0 radical (unpaired) electrons. The lowest BCUT2D eigenvalue weighted by Crippen LogP contribution is -2.53. The molecule has 2 rings (SSSR count). The molecule has 1 heterocycles. The van der Waals surface area contributed by atoms with Gasteiger partial charge < -0.3 is 16.3 Å². The van der Waals surface area contributed by atoms with Crippen molar-refractivity contribution in [2.24, 2.45) is 16.3 Å². The molecule has 0 aromatic carbocycles. The van der Waals surface area contributed by atoms with Crippen LogP contribution in [0.15, 0.2) is 5.16 Å². The van der Waals surface area contributed by atoms with Gasteiger partial charge in [0, 0.05) is 6.04 Å². The first-order chi connectivity index (χ1) is 9.39. The molecule has 8 heteroatoms. The Bertz CT molecular complexity index is 509. The summed E-state index contributed by atoms with van der Waals surface area (Å²) >= 11 is 0. The maximum Gasteiger partial charge on any atom is 0.234 e. The van der Waals surface area contributed by atoms with Crippen LogP contribution in [0.1, 0.15) is 38.5 Å². The highest BCUT2D eigenvalue weighted by Crippen LogP contribution is 2.38. The highest BCUT2D eigenvalue weighted by atomic mass is 32.2. The van der Waals surface area contributed by atoms with Crippen molar-refractivity contribution in [3.8, 4) is 0 Å². The van der Waals surface area contributed by atoms with Gasteiger partial charge in [0.25, 0.3) is 0 Å². The molecule has 7 nitrogen and oxygen atoms in total. The fraction of sp³-hybridized carbons (Fsp3) is 0.833. The first kappa shape index (κ1) is 15.1. The normalized spacial score (nSPS) is 29.0. The predicted molar refractivity (Wildman–Crippen MR) is 74.1 cm³/mol. The number of hydrogen-bond donors (Lipinski definition) is 3. The Morgan fingerprint density at radius 3 is 2.50 bits per heavy atom. The number of amides is 1. The van der Waals surface area contributed by atoms with Gasteiger partial charge in [-0.3, -0.25) is 4.79 Å². The number of rotatable bonds is 3. The first-order valence-electron chi connectivity index (χ1n) is 6.89. The predicted octanol–water partition coefficient (Wildman–Crippen LogP) is -0.0134. The maximum absolute atomic E-state index is 12.5. The molecule has 0 aromatic heterocycles. The van der Waals surface area contributed by atoms with Crippen LogP contribution in [0.3, 0.4) is 0 Å². The summed E-state index contributed by atoms with van der Waals surface area (Å²) in [4.78, 5) is 12.5. The maximum atomic E-state index is 12.5. The Hall–Kier alpha value is -1.31. The van der Waals surface area contributed by atoms with E-state index in [0.717, 1.165) is 12.8 Å². The van der Waals surface area contributed by atoms with Crippen molar-refractivity contribution in [2.75, 3.05) is 11.5 Å². The van der Waals surface area contributed by atoms with Crippen molar-refractivity contribution in [2.45, 2.75) is 44.6 Å². The van der Waals surface area contributed by atoms with Gasteiger partial charge in [-0.05, 0) is 25.7 Å². The van der Waals surface area contributed by atoms with Crippen molar-refractivity contribution in [3.05, 3.63) is 0 Å². The van der Waals surface area contributed by atoms with Crippen LogP contribution in [0.2, 0.25) is 0 Å². The van der Waals surface area contributed by atoms with E-state index in [1.54, 1.807) is 0 Å². The van der Waals surface area contributed by atoms with E-state index in [0.29, 0.717) is 25.7 Å². The molecule has 0 aromatic rings. The third-order valence-electron chi connectivity index (χ3n) is 4.29. The van der Waals surface area contributed by atoms with E-state index < -0.39 is 15.3 Å². The molecule has 4 N–H and O–H groups in total. The van der Waals surface area contributed by atoms with Gasteiger partial charge in [-0.1, -0.05) is 18.0 Å². The number of oxime groups is 1. The van der Waals surface area contributed by atoms with Crippen LogP contribution < -0.4 is 11.1 Å². The van der Waals surface area contributed by atoms with E-state index in [4.69, 9.17) is 10.9 Å². The number of carbonyl (C=O) groups excluding carboxylic acids is 1. The average molecular weight is 303 g/mol. The SMILES string of the molecule is NC(=NO)C1(C(=O)NC2CCCS(=O)(=O)C2)CCCC1. The second kappa shape index (κ2) is 5.59. The zero-order valence-electron chi connectivity index (χ0n) is 11.3. The molecule has 1 saturated heterocycles. The Morgan fingerprint density at radius 1 is 1.30 bits per heavy atom. The summed E-state index contributed by atoms with van der Waals surface area (Å²) in [5.74, 6) is -0.228. The summed E-state index contributed by atoms with van der Waals surface area (Å²) in [5.41, 5.74) is 4.72. The van der Waals surface area contributed by atoms with Crippen LogP contribution >= 0.6 is 0 Å². The Kier molecular flexibility index (Phi) is 4.22. The molecule has 114 valence electrons. The zero-order valence-corrected chi connectivity index (χ0v) is 12.2. The fourth-order valence-corrected chi connectivity index (χ4v) is 4.77. The summed E-state index contributed by atoms with van der Waals surface area (Å²) in [6.07, 6.45) is 3.96. The summed E-state index contributed by atoms with van der Waals surface area (Å²) in [6.45, 7) is 0. The van der Waals surface area contributed by atoms with Crippen LogP contribution in [-0.2, 0) is 14.6 Å². The zero-order chi connectivity index (χ0) is 14.8. The molecule has 1 unspecified atom stereocenters. The number of nitrogens with one attached hydrogen (secondary N) is 1. The van der Waals surface area contributed by atoms with Crippen molar-refractivity contribution in [3.63, 3.8) is 0 Å². The molecule has 1 saturated carbocycles. The van der Waals surface area contributed by atoms with Crippen molar-refractivity contribution in [1.82, 2.24) is 5.32 Å². The minimum Gasteiger partial charge on any atom is -0.409 e. The number of nitrogens with two attached hydrogens (primary N) is 1. The molecule has 2 aliphatic rings. The highest BCUT2D eigenvalue weighted by Gasteiger charge is 2.46. The van der Waals surface area contributed by atoms with E-state index >= 15 is 0 Å². The van der Waals surface area contributed by atoms with Gasteiger partial charge in [-0.2, -0.15) is 0 Å². The van der Waals surface area contributed by atoms with Gasteiger partial charge in [0.1, 0.15) is 5.41 Å². The average Bonchev–Trinajstić information content (AvgIpc) is 2.87. The van der Waals surface area contributed by atoms with Crippen LogP contribution in [0.4, 0.5) is 0 Å². The molecule has 0 spiro atoms. The highest BCUT2D eigenvalue weighted by molar-refractivity contribution is 7.91. The monoisotopic (exact) mass is 303 g/mol. The number of hydrogen-bond acceptors (Lipinski definition) is 5. The summed E-state index contributed by atoms with van der Waals surface area (Å²) in [6, 6.07) is -0.370. The number of amidine groups is 1. The van der Waals surface area contributed by atoms with Crippen LogP contribution in [0, 0.1) is 5.41 Å². The minimum absolute atomic E-state index is 0.0228. The van der Waals surface area contributed by atoms with Crippen molar-refractivity contribution < 1.29 is 18.4 Å². The van der Waals surface area contributed by atoms with E-state index in [2.05, 4.69) is 10.5 Å². The summed E-state index contributed by atoms with van der Waals surface area (Å²) < 4.78 is 23.2. The summed E-state index contributed by atoms with van der Waals surface area (Å²) in [7, 11) is -3.07. The van der Waals surface area contributed by atoms with Crippen LogP contribution in [0.25, 0.3) is 0 Å². The molecule has 1 atom stereocenters. The van der Waals surface area contributed by atoms with E-state index in [1.165, 1.54) is 0 Å². The standard InChI is InChI=1S/C12H21N3O4S/c13-10(15-17)12(5-1-2-6-12)11(16)14-9-4-3-7-20(18,19)8-9/h9,17H,1-8H2,(H2,13,15)(H,14,16). The second-order valence-corrected chi connectivity index (χ2v) is 7.93. The van der Waals surface area contributed by atoms with Crippen LogP contribution in [0.5, 0.6) is 0 Å². The molecule has 20 heavy (non-hydrogen) atoms. The van der Waals surface area contributed by atoms with Crippen molar-refractivity contribution in [1.29, 1.82) is 0 Å². The van der Waals surface area contributed by atoms with Gasteiger partial charge in [0.2, 0.25) is 5.91 Å². The Morgan fingerprint density at radius 2 is 1.95 bits per heavy atom. The molecule has 2 fully saturated rings. The number of nitrogens with zero attached hydrogens (tertiary/aromatic N) is 1. The number of carbonyl (C=O) groups is 1. The van der Waals surface area contributed by atoms with E-state index in [-0.39, 0.29) is 29.3 Å². The molecule has 1 aliphatic carbocycles. The van der Waals surface area contributed by atoms with Gasteiger partial charge in [0.05, 0.1) is 11.5 Å². The second-order valence-electron chi connectivity index (χ2n) is 5.70. The van der Waals surface area contributed by atoms with Gasteiger partial charge in [0.15, 0.2) is 15.7 Å². The lowest BCUT2D eigenvalue weighted by Gasteiger charge is -2.30. The topological polar surface area (TPSA) is 122 Å². The Labute approximate surface area is 118 Å². The minimum atomic E-state index is -3.07. The third-order valence-corrected chi connectivity index (χ3v) is 6.11. The van der Waals surface area contributed by atoms with E-state index in [9.17, 15) is 13.2 Å².